The van der Waals surface area contributed by atoms with Crippen molar-refractivity contribution < 1.29 is 17.9 Å². The van der Waals surface area contributed by atoms with Gasteiger partial charge in [0.15, 0.2) is 0 Å². The fraction of sp³-hybridized carbons (Fsp3) is 0.294. The van der Waals surface area contributed by atoms with Crippen LogP contribution in [0.4, 0.5) is 5.69 Å². The van der Waals surface area contributed by atoms with E-state index in [1.807, 2.05) is 13.8 Å². The highest BCUT2D eigenvalue weighted by molar-refractivity contribution is 7.92. The van der Waals surface area contributed by atoms with Gasteiger partial charge in [-0.05, 0) is 23.6 Å². The molecule has 0 saturated carbocycles. The van der Waals surface area contributed by atoms with E-state index in [1.54, 1.807) is 24.3 Å². The first-order valence-corrected chi connectivity index (χ1v) is 9.19. The quantitative estimate of drug-likeness (QED) is 0.825. The van der Waals surface area contributed by atoms with Crippen molar-refractivity contribution in [2.24, 2.45) is 0 Å². The topological polar surface area (TPSA) is 64.6 Å². The van der Waals surface area contributed by atoms with E-state index in [4.69, 9.17) is 21.1 Å². The summed E-state index contributed by atoms with van der Waals surface area (Å²) in [6, 6.07) is 9.76. The Hall–Kier alpha value is -1.92. The van der Waals surface area contributed by atoms with Crippen molar-refractivity contribution in [3.8, 4) is 11.5 Å². The molecule has 130 valence electrons. The third-order valence-corrected chi connectivity index (χ3v) is 5.25. The van der Waals surface area contributed by atoms with Crippen LogP contribution in [0.1, 0.15) is 25.3 Å². The van der Waals surface area contributed by atoms with Gasteiger partial charge in [0, 0.05) is 12.1 Å². The standard InChI is InChI=1S/C17H20ClNO4S/c1-11(2)12-5-7-13(8-6-12)24(20,21)19-15-10-16(22-3)14(18)9-17(15)23-4/h5-11,19H,1-4H3. The van der Waals surface area contributed by atoms with E-state index in [2.05, 4.69) is 4.72 Å². The molecule has 5 nitrogen and oxygen atoms in total. The number of ether oxygens (including phenoxy) is 2. The van der Waals surface area contributed by atoms with E-state index < -0.39 is 10.0 Å². The summed E-state index contributed by atoms with van der Waals surface area (Å²) in [5.74, 6) is 0.990. The van der Waals surface area contributed by atoms with Crippen molar-refractivity contribution in [1.82, 2.24) is 0 Å². The fourth-order valence-corrected chi connectivity index (χ4v) is 3.47. The highest BCUT2D eigenvalue weighted by atomic mass is 35.5. The Morgan fingerprint density at radius 2 is 1.58 bits per heavy atom. The number of hydrogen-bond acceptors (Lipinski definition) is 4. The molecule has 0 aliphatic carbocycles. The predicted octanol–water partition coefficient (Wildman–Crippen LogP) is 4.28. The van der Waals surface area contributed by atoms with Crippen molar-refractivity contribution in [2.75, 3.05) is 18.9 Å². The molecule has 0 saturated heterocycles. The Balaban J connectivity index is 2.38. The summed E-state index contributed by atoms with van der Waals surface area (Å²) in [6.07, 6.45) is 0. The molecular weight excluding hydrogens is 350 g/mol. The molecule has 0 amide bonds. The van der Waals surface area contributed by atoms with Gasteiger partial charge in [0.2, 0.25) is 0 Å². The first-order chi connectivity index (χ1) is 11.3. The van der Waals surface area contributed by atoms with E-state index in [0.29, 0.717) is 22.4 Å². The minimum absolute atomic E-state index is 0.169. The number of sulfonamides is 1. The van der Waals surface area contributed by atoms with Gasteiger partial charge in [-0.15, -0.1) is 0 Å². The highest BCUT2D eigenvalue weighted by Crippen LogP contribution is 2.36. The maximum absolute atomic E-state index is 12.6. The molecule has 0 heterocycles. The van der Waals surface area contributed by atoms with E-state index in [1.165, 1.54) is 26.4 Å². The van der Waals surface area contributed by atoms with Crippen LogP contribution in [0.3, 0.4) is 0 Å². The summed E-state index contributed by atoms with van der Waals surface area (Å²) in [6.45, 7) is 4.10. The Kier molecular flexibility index (Phi) is 5.62. The van der Waals surface area contributed by atoms with Crippen LogP contribution in [0.15, 0.2) is 41.3 Å². The van der Waals surface area contributed by atoms with Crippen LogP contribution >= 0.6 is 11.6 Å². The van der Waals surface area contributed by atoms with Crippen molar-refractivity contribution >= 4 is 27.3 Å². The zero-order valence-electron chi connectivity index (χ0n) is 14.0. The van der Waals surface area contributed by atoms with Crippen LogP contribution in [0.25, 0.3) is 0 Å². The lowest BCUT2D eigenvalue weighted by Crippen LogP contribution is -2.14. The molecule has 0 bridgehead atoms. The van der Waals surface area contributed by atoms with Crippen molar-refractivity contribution in [3.63, 3.8) is 0 Å². The fourth-order valence-electron chi connectivity index (χ4n) is 2.18. The van der Waals surface area contributed by atoms with E-state index >= 15 is 0 Å². The molecule has 2 rings (SSSR count). The number of hydrogen-bond donors (Lipinski definition) is 1. The molecule has 0 spiro atoms. The van der Waals surface area contributed by atoms with Crippen LogP contribution in [-0.4, -0.2) is 22.6 Å². The van der Waals surface area contributed by atoms with Crippen molar-refractivity contribution in [1.29, 1.82) is 0 Å². The third kappa shape index (κ3) is 3.94. The minimum Gasteiger partial charge on any atom is -0.495 e. The summed E-state index contributed by atoms with van der Waals surface area (Å²) in [5, 5.41) is 0.332. The third-order valence-electron chi connectivity index (χ3n) is 3.58. The second-order valence-electron chi connectivity index (χ2n) is 5.52. The largest absolute Gasteiger partial charge is 0.495 e. The summed E-state index contributed by atoms with van der Waals surface area (Å²) in [5.41, 5.74) is 1.33. The first kappa shape index (κ1) is 18.4. The van der Waals surface area contributed by atoms with E-state index in [-0.39, 0.29) is 10.6 Å². The summed E-state index contributed by atoms with van der Waals surface area (Å²) in [7, 11) is -0.862. The Labute approximate surface area is 147 Å². The van der Waals surface area contributed by atoms with Gasteiger partial charge in [0.25, 0.3) is 10.0 Å². The Morgan fingerprint density at radius 3 is 2.08 bits per heavy atom. The molecule has 0 radical (unpaired) electrons. The lowest BCUT2D eigenvalue weighted by atomic mass is 10.0. The van der Waals surface area contributed by atoms with Crippen LogP contribution in [0.2, 0.25) is 5.02 Å². The lowest BCUT2D eigenvalue weighted by Gasteiger charge is -2.14. The molecule has 2 aromatic carbocycles. The molecule has 7 heteroatoms. The summed E-state index contributed by atoms with van der Waals surface area (Å²) >= 11 is 6.03. The molecule has 0 unspecified atom stereocenters. The molecule has 0 aliphatic heterocycles. The SMILES string of the molecule is COc1cc(NS(=O)(=O)c2ccc(C(C)C)cc2)c(OC)cc1Cl. The number of halogens is 1. The number of methoxy groups -OCH3 is 2. The molecule has 0 aromatic heterocycles. The summed E-state index contributed by atoms with van der Waals surface area (Å²) in [4.78, 5) is 0.169. The van der Waals surface area contributed by atoms with Gasteiger partial charge >= 0.3 is 0 Å². The highest BCUT2D eigenvalue weighted by Gasteiger charge is 2.18. The molecule has 2 aromatic rings. The van der Waals surface area contributed by atoms with Gasteiger partial charge in [0.05, 0.1) is 29.8 Å². The van der Waals surface area contributed by atoms with Crippen LogP contribution in [0.5, 0.6) is 11.5 Å². The average Bonchev–Trinajstić information content (AvgIpc) is 2.55. The normalized spacial score (nSPS) is 11.4. The monoisotopic (exact) mass is 369 g/mol. The summed E-state index contributed by atoms with van der Waals surface area (Å²) < 4.78 is 38.0. The zero-order valence-corrected chi connectivity index (χ0v) is 15.5. The van der Waals surface area contributed by atoms with Gasteiger partial charge in [-0.1, -0.05) is 37.6 Å². The number of benzene rings is 2. The van der Waals surface area contributed by atoms with E-state index in [0.717, 1.165) is 5.56 Å². The maximum atomic E-state index is 12.6. The van der Waals surface area contributed by atoms with Crippen molar-refractivity contribution in [3.05, 3.63) is 47.0 Å². The number of nitrogens with one attached hydrogen (secondary N) is 1. The predicted molar refractivity (Wildman–Crippen MR) is 95.9 cm³/mol. The maximum Gasteiger partial charge on any atom is 0.262 e. The van der Waals surface area contributed by atoms with Gasteiger partial charge < -0.3 is 9.47 Å². The zero-order chi connectivity index (χ0) is 17.9. The molecule has 0 aliphatic rings. The lowest BCUT2D eigenvalue weighted by molar-refractivity contribution is 0.405. The van der Waals surface area contributed by atoms with Crippen LogP contribution in [-0.2, 0) is 10.0 Å². The van der Waals surface area contributed by atoms with Gasteiger partial charge in [-0.3, -0.25) is 4.72 Å². The number of rotatable bonds is 6. The first-order valence-electron chi connectivity index (χ1n) is 7.32. The van der Waals surface area contributed by atoms with E-state index in [9.17, 15) is 8.42 Å². The molecule has 0 fully saturated rings. The van der Waals surface area contributed by atoms with Gasteiger partial charge in [-0.25, -0.2) is 8.42 Å². The second kappa shape index (κ2) is 7.32. The Bertz CT molecular complexity index is 817. The van der Waals surface area contributed by atoms with Gasteiger partial charge in [-0.2, -0.15) is 0 Å². The Morgan fingerprint density at radius 1 is 1.00 bits per heavy atom. The van der Waals surface area contributed by atoms with Crippen LogP contribution in [0, 0.1) is 0 Å². The van der Waals surface area contributed by atoms with Crippen molar-refractivity contribution in [2.45, 2.75) is 24.7 Å². The second-order valence-corrected chi connectivity index (χ2v) is 7.61. The smallest absolute Gasteiger partial charge is 0.262 e. The minimum atomic E-state index is -3.75. The van der Waals surface area contributed by atoms with Crippen LogP contribution < -0.4 is 14.2 Å². The number of anilines is 1. The molecular formula is C17H20ClNO4S. The average molecular weight is 370 g/mol. The molecule has 1 N–H and O–H groups in total. The van der Waals surface area contributed by atoms with Gasteiger partial charge in [0.1, 0.15) is 11.5 Å². The molecule has 24 heavy (non-hydrogen) atoms. The molecule has 0 atom stereocenters.